The van der Waals surface area contributed by atoms with Crippen LogP contribution in [0.2, 0.25) is 0 Å². The summed E-state index contributed by atoms with van der Waals surface area (Å²) in [5.74, 6) is 0.706. The molecule has 1 heterocycles. The molecule has 118 valence electrons. The van der Waals surface area contributed by atoms with Crippen LogP contribution in [-0.4, -0.2) is 44.7 Å². The van der Waals surface area contributed by atoms with Crippen LogP contribution in [0.3, 0.4) is 0 Å². The van der Waals surface area contributed by atoms with Crippen molar-refractivity contribution in [1.82, 2.24) is 0 Å². The minimum atomic E-state index is -2.81. The molecule has 0 aliphatic carbocycles. The third-order valence-corrected chi connectivity index (χ3v) is 3.46. The van der Waals surface area contributed by atoms with Crippen LogP contribution in [0.25, 0.3) is 0 Å². The summed E-state index contributed by atoms with van der Waals surface area (Å²) >= 11 is 3.34. The summed E-state index contributed by atoms with van der Waals surface area (Å²) in [5.41, 5.74) is -0.886. The van der Waals surface area contributed by atoms with E-state index in [0.29, 0.717) is 12.4 Å². The minimum absolute atomic E-state index is 0.217. The van der Waals surface area contributed by atoms with Gasteiger partial charge in [0.1, 0.15) is 24.1 Å². The van der Waals surface area contributed by atoms with Crippen LogP contribution in [-0.2, 0) is 14.2 Å². The Kier molecular flexibility index (Phi) is 5.92. The molecule has 0 amide bonds. The summed E-state index contributed by atoms with van der Waals surface area (Å²) in [6, 6.07) is 7.39. The van der Waals surface area contributed by atoms with E-state index < -0.39 is 12.2 Å². The predicted molar refractivity (Wildman–Crippen MR) is 75.7 cm³/mol. The molecule has 4 nitrogen and oxygen atoms in total. The number of rotatable bonds is 6. The average molecular weight is 367 g/mol. The van der Waals surface area contributed by atoms with Crippen LogP contribution in [0.5, 0.6) is 5.75 Å². The van der Waals surface area contributed by atoms with Crippen molar-refractivity contribution in [1.29, 1.82) is 0 Å². The summed E-state index contributed by atoms with van der Waals surface area (Å²) in [5, 5.41) is 0. The molecular formula is C14H17BrF2O4. The van der Waals surface area contributed by atoms with Gasteiger partial charge in [0, 0.05) is 4.47 Å². The highest BCUT2D eigenvalue weighted by atomic mass is 79.9. The van der Waals surface area contributed by atoms with Crippen molar-refractivity contribution < 1.29 is 27.7 Å². The van der Waals surface area contributed by atoms with Crippen molar-refractivity contribution in [3.05, 3.63) is 28.7 Å². The molecule has 0 unspecified atom stereocenters. The predicted octanol–water partition coefficient (Wildman–Crippen LogP) is 3.24. The molecule has 21 heavy (non-hydrogen) atoms. The van der Waals surface area contributed by atoms with Crippen molar-refractivity contribution in [3.63, 3.8) is 0 Å². The van der Waals surface area contributed by atoms with E-state index in [2.05, 4.69) is 20.7 Å². The summed E-state index contributed by atoms with van der Waals surface area (Å²) in [6.07, 6.45) is -0.325. The molecule has 1 aliphatic heterocycles. The Balaban J connectivity index is 1.82. The lowest BCUT2D eigenvalue weighted by Crippen LogP contribution is -2.50. The molecule has 1 saturated heterocycles. The first kappa shape index (κ1) is 16.6. The molecule has 2 rings (SSSR count). The Morgan fingerprint density at radius 3 is 2.76 bits per heavy atom. The second-order valence-corrected chi connectivity index (χ2v) is 5.96. The fraction of sp³-hybridized carbons (Fsp3) is 0.571. The highest BCUT2D eigenvalue weighted by Crippen LogP contribution is 2.22. The van der Waals surface area contributed by atoms with Gasteiger partial charge in [-0.3, -0.25) is 0 Å². The molecule has 1 aromatic rings. The van der Waals surface area contributed by atoms with Gasteiger partial charge in [0.05, 0.1) is 19.8 Å². The van der Waals surface area contributed by atoms with Gasteiger partial charge < -0.3 is 18.9 Å². The molecule has 1 fully saturated rings. The zero-order valence-electron chi connectivity index (χ0n) is 11.6. The smallest absolute Gasteiger partial charge is 0.345 e. The standard InChI is InChI=1S/C14H17BrF2O4/c1-14(9-20-13(16)17)8-18-6-12(21-14)7-19-11-4-2-10(15)3-5-11/h2-5,12-13H,6-9H2,1H3/t12-,14+/m0/s1. The summed E-state index contributed by atoms with van der Waals surface area (Å²) in [7, 11) is 0. The maximum absolute atomic E-state index is 12.1. The van der Waals surface area contributed by atoms with Crippen LogP contribution in [0.1, 0.15) is 6.92 Å². The SMILES string of the molecule is C[C@]1(COC(F)F)COC[C@@H](COc2ccc(Br)cc2)O1. The van der Waals surface area contributed by atoms with E-state index in [9.17, 15) is 8.78 Å². The molecule has 7 heteroatoms. The molecule has 0 spiro atoms. The van der Waals surface area contributed by atoms with Crippen molar-refractivity contribution in [3.8, 4) is 5.75 Å². The summed E-state index contributed by atoms with van der Waals surface area (Å²) in [6.45, 7) is -0.494. The number of hydrogen-bond acceptors (Lipinski definition) is 4. The molecule has 1 aliphatic rings. The van der Waals surface area contributed by atoms with E-state index in [0.717, 1.165) is 4.47 Å². The lowest BCUT2D eigenvalue weighted by molar-refractivity contribution is -0.242. The van der Waals surface area contributed by atoms with Gasteiger partial charge in [-0.1, -0.05) is 15.9 Å². The largest absolute Gasteiger partial charge is 0.491 e. The van der Waals surface area contributed by atoms with E-state index in [4.69, 9.17) is 14.2 Å². The van der Waals surface area contributed by atoms with E-state index in [1.165, 1.54) is 0 Å². The average Bonchev–Trinajstić information content (AvgIpc) is 2.45. The number of hydrogen-bond donors (Lipinski definition) is 0. The van der Waals surface area contributed by atoms with E-state index in [1.54, 1.807) is 6.92 Å². The topological polar surface area (TPSA) is 36.9 Å². The van der Waals surface area contributed by atoms with Crippen molar-refractivity contribution in [2.75, 3.05) is 26.4 Å². The third kappa shape index (κ3) is 5.50. The van der Waals surface area contributed by atoms with Crippen molar-refractivity contribution in [2.45, 2.75) is 25.2 Å². The Labute approximate surface area is 130 Å². The molecule has 0 radical (unpaired) electrons. The molecular weight excluding hydrogens is 350 g/mol. The number of ether oxygens (including phenoxy) is 4. The zero-order valence-corrected chi connectivity index (χ0v) is 13.1. The van der Waals surface area contributed by atoms with Gasteiger partial charge in [0.25, 0.3) is 0 Å². The fourth-order valence-electron chi connectivity index (χ4n) is 1.99. The van der Waals surface area contributed by atoms with Crippen molar-refractivity contribution >= 4 is 15.9 Å². The van der Waals surface area contributed by atoms with Gasteiger partial charge in [0.2, 0.25) is 0 Å². The molecule has 2 atom stereocenters. The van der Waals surface area contributed by atoms with Crippen LogP contribution in [0.15, 0.2) is 28.7 Å². The van der Waals surface area contributed by atoms with Gasteiger partial charge in [-0.2, -0.15) is 8.78 Å². The monoisotopic (exact) mass is 366 g/mol. The van der Waals surface area contributed by atoms with Crippen LogP contribution >= 0.6 is 15.9 Å². The lowest BCUT2D eigenvalue weighted by Gasteiger charge is -2.38. The van der Waals surface area contributed by atoms with Gasteiger partial charge in [-0.15, -0.1) is 0 Å². The first-order valence-corrected chi connectivity index (χ1v) is 7.30. The fourth-order valence-corrected chi connectivity index (χ4v) is 2.26. The number of benzene rings is 1. The third-order valence-electron chi connectivity index (χ3n) is 2.93. The summed E-state index contributed by atoms with van der Waals surface area (Å²) < 4.78 is 46.3. The first-order valence-electron chi connectivity index (χ1n) is 6.50. The minimum Gasteiger partial charge on any atom is -0.491 e. The van der Waals surface area contributed by atoms with E-state index in [1.807, 2.05) is 24.3 Å². The lowest BCUT2D eigenvalue weighted by atomic mass is 10.1. The maximum atomic E-state index is 12.1. The summed E-state index contributed by atoms with van der Waals surface area (Å²) in [4.78, 5) is 0. The zero-order chi connectivity index (χ0) is 15.3. The van der Waals surface area contributed by atoms with Crippen LogP contribution < -0.4 is 4.74 Å². The molecule has 1 aromatic carbocycles. The van der Waals surface area contributed by atoms with Gasteiger partial charge in [-0.25, -0.2) is 0 Å². The van der Waals surface area contributed by atoms with Crippen LogP contribution in [0.4, 0.5) is 8.78 Å². The Bertz CT molecular complexity index is 443. The van der Waals surface area contributed by atoms with Gasteiger partial charge >= 0.3 is 6.61 Å². The normalized spacial score (nSPS) is 26.0. The highest BCUT2D eigenvalue weighted by Gasteiger charge is 2.35. The molecule has 0 aromatic heterocycles. The van der Waals surface area contributed by atoms with Gasteiger partial charge in [0.15, 0.2) is 0 Å². The number of halogens is 3. The molecule has 0 bridgehead atoms. The Morgan fingerprint density at radius 1 is 1.38 bits per heavy atom. The number of alkyl halides is 2. The quantitative estimate of drug-likeness (QED) is 0.774. The van der Waals surface area contributed by atoms with Crippen LogP contribution in [0, 0.1) is 0 Å². The molecule has 0 N–H and O–H groups in total. The second-order valence-electron chi connectivity index (χ2n) is 5.04. The second kappa shape index (κ2) is 7.49. The first-order chi connectivity index (χ1) is 9.97. The van der Waals surface area contributed by atoms with E-state index >= 15 is 0 Å². The van der Waals surface area contributed by atoms with Gasteiger partial charge in [-0.05, 0) is 31.2 Å². The van der Waals surface area contributed by atoms with Crippen molar-refractivity contribution in [2.24, 2.45) is 0 Å². The maximum Gasteiger partial charge on any atom is 0.345 e. The van der Waals surface area contributed by atoms with E-state index in [-0.39, 0.29) is 25.9 Å². The molecule has 0 saturated carbocycles. The Morgan fingerprint density at radius 2 is 2.10 bits per heavy atom. The highest BCUT2D eigenvalue weighted by molar-refractivity contribution is 9.10. The Hall–Kier alpha value is -0.760.